The van der Waals surface area contributed by atoms with E-state index in [0.717, 1.165) is 18.2 Å². The summed E-state index contributed by atoms with van der Waals surface area (Å²) in [6.07, 6.45) is 3.20. The Balaban J connectivity index is 2.34. The number of halogens is 1. The van der Waals surface area contributed by atoms with Crippen molar-refractivity contribution in [2.75, 3.05) is 6.61 Å². The van der Waals surface area contributed by atoms with Crippen LogP contribution in [0.2, 0.25) is 0 Å². The first-order valence-corrected chi connectivity index (χ1v) is 7.49. The third-order valence-corrected chi connectivity index (χ3v) is 5.64. The van der Waals surface area contributed by atoms with Crippen molar-refractivity contribution in [1.82, 2.24) is 0 Å². The van der Waals surface area contributed by atoms with Crippen LogP contribution in [0.3, 0.4) is 0 Å². The van der Waals surface area contributed by atoms with Crippen LogP contribution in [0.4, 0.5) is 0 Å². The molecule has 0 saturated heterocycles. The molecule has 0 fully saturated rings. The zero-order chi connectivity index (χ0) is 10.7. The fourth-order valence-corrected chi connectivity index (χ4v) is 3.80. The number of hydrogen-bond acceptors (Lipinski definition) is 2. The standard InChI is InChI=1S/C11H12ClO2P/c12-15(13,10-5-2-1-3-6-10)11-7-4-8-14-9-11/h1-3,5-6,9H,4,7-8H2. The molecule has 0 spiro atoms. The molecule has 1 unspecified atom stereocenters. The molecule has 4 heteroatoms. The van der Waals surface area contributed by atoms with Gasteiger partial charge in [-0.3, -0.25) is 4.57 Å². The van der Waals surface area contributed by atoms with Crippen molar-refractivity contribution in [3.05, 3.63) is 41.9 Å². The molecule has 1 aromatic rings. The van der Waals surface area contributed by atoms with Crippen LogP contribution >= 0.6 is 17.7 Å². The van der Waals surface area contributed by atoms with E-state index in [2.05, 4.69) is 0 Å². The average molecular weight is 243 g/mol. The van der Waals surface area contributed by atoms with Crippen LogP contribution in [0.5, 0.6) is 0 Å². The summed E-state index contributed by atoms with van der Waals surface area (Å²) in [5.74, 6) is 0. The van der Waals surface area contributed by atoms with Crippen molar-refractivity contribution in [1.29, 1.82) is 0 Å². The lowest BCUT2D eigenvalue weighted by atomic mass is 10.3. The Bertz CT molecular complexity index is 414. The lowest BCUT2D eigenvalue weighted by Crippen LogP contribution is -2.06. The molecular formula is C11H12ClO2P. The van der Waals surface area contributed by atoms with Gasteiger partial charge in [-0.15, -0.1) is 0 Å². The third kappa shape index (κ3) is 2.27. The van der Waals surface area contributed by atoms with E-state index in [4.69, 9.17) is 16.0 Å². The van der Waals surface area contributed by atoms with Crippen molar-refractivity contribution in [3.8, 4) is 0 Å². The molecule has 0 saturated carbocycles. The molecule has 1 aromatic carbocycles. The minimum atomic E-state index is -2.91. The van der Waals surface area contributed by atoms with Crippen LogP contribution in [0, 0.1) is 0 Å². The van der Waals surface area contributed by atoms with Crippen molar-refractivity contribution in [2.45, 2.75) is 12.8 Å². The maximum Gasteiger partial charge on any atom is 0.224 e. The van der Waals surface area contributed by atoms with Gasteiger partial charge in [0, 0.05) is 10.6 Å². The molecule has 1 atom stereocenters. The van der Waals surface area contributed by atoms with Gasteiger partial charge >= 0.3 is 0 Å². The van der Waals surface area contributed by atoms with Gasteiger partial charge in [-0.2, -0.15) is 0 Å². The Kier molecular flexibility index (Phi) is 3.18. The SMILES string of the molecule is O=P(Cl)(C1=COCCC1)c1ccccc1. The highest BCUT2D eigenvalue weighted by Gasteiger charge is 2.28. The molecule has 0 amide bonds. The van der Waals surface area contributed by atoms with Crippen LogP contribution < -0.4 is 5.30 Å². The summed E-state index contributed by atoms with van der Waals surface area (Å²) in [5, 5.41) is 1.41. The minimum Gasteiger partial charge on any atom is -0.501 e. The van der Waals surface area contributed by atoms with Gasteiger partial charge in [0.15, 0.2) is 0 Å². The number of ether oxygens (including phenoxy) is 1. The predicted molar refractivity (Wildman–Crippen MR) is 62.8 cm³/mol. The fourth-order valence-electron chi connectivity index (χ4n) is 1.55. The summed E-state index contributed by atoms with van der Waals surface area (Å²) < 4.78 is 17.6. The first-order valence-electron chi connectivity index (χ1n) is 4.88. The molecule has 0 N–H and O–H groups in total. The van der Waals surface area contributed by atoms with Crippen LogP contribution in [0.25, 0.3) is 0 Å². The number of rotatable bonds is 2. The van der Waals surface area contributed by atoms with E-state index < -0.39 is 6.49 Å². The summed E-state index contributed by atoms with van der Waals surface area (Å²) in [7, 11) is 0. The molecule has 1 aliphatic heterocycles. The number of benzene rings is 1. The van der Waals surface area contributed by atoms with Gasteiger partial charge in [0.05, 0.1) is 12.9 Å². The van der Waals surface area contributed by atoms with Crippen molar-refractivity contribution < 1.29 is 9.30 Å². The Morgan fingerprint density at radius 3 is 2.60 bits per heavy atom. The number of hydrogen-bond donors (Lipinski definition) is 0. The highest BCUT2D eigenvalue weighted by molar-refractivity contribution is 7.98. The van der Waals surface area contributed by atoms with Gasteiger partial charge in [0.1, 0.15) is 0 Å². The quantitative estimate of drug-likeness (QED) is 0.742. The lowest BCUT2D eigenvalue weighted by Gasteiger charge is -2.18. The molecule has 1 aliphatic rings. The van der Waals surface area contributed by atoms with Gasteiger partial charge in [0.25, 0.3) is 0 Å². The van der Waals surface area contributed by atoms with E-state index >= 15 is 0 Å². The minimum absolute atomic E-state index is 0.684. The first kappa shape index (κ1) is 10.8. The first-order chi connectivity index (χ1) is 7.21. The van der Waals surface area contributed by atoms with E-state index in [-0.39, 0.29) is 0 Å². The Labute approximate surface area is 94.1 Å². The zero-order valence-corrected chi connectivity index (χ0v) is 9.88. The topological polar surface area (TPSA) is 26.3 Å². The molecule has 1 heterocycles. The van der Waals surface area contributed by atoms with Crippen LogP contribution in [0.15, 0.2) is 41.9 Å². The van der Waals surface area contributed by atoms with E-state index in [1.807, 2.05) is 18.2 Å². The Morgan fingerprint density at radius 1 is 1.27 bits per heavy atom. The molecular weight excluding hydrogens is 231 g/mol. The molecule has 2 nitrogen and oxygen atoms in total. The second-order valence-electron chi connectivity index (χ2n) is 3.45. The summed E-state index contributed by atoms with van der Waals surface area (Å²) in [6, 6.07) is 9.15. The van der Waals surface area contributed by atoms with Gasteiger partial charge in [-0.1, -0.05) is 30.3 Å². The normalized spacial score (nSPS) is 19.9. The Morgan fingerprint density at radius 2 is 2.00 bits per heavy atom. The van der Waals surface area contributed by atoms with Gasteiger partial charge in [0.2, 0.25) is 6.49 Å². The summed E-state index contributed by atoms with van der Waals surface area (Å²) in [6.45, 7) is -2.22. The molecule has 0 aromatic heterocycles. The second kappa shape index (κ2) is 4.42. The van der Waals surface area contributed by atoms with Crippen LogP contribution in [-0.2, 0) is 9.30 Å². The smallest absolute Gasteiger partial charge is 0.224 e. The van der Waals surface area contributed by atoms with Crippen molar-refractivity contribution in [2.24, 2.45) is 0 Å². The summed E-state index contributed by atoms with van der Waals surface area (Å²) >= 11 is 6.15. The van der Waals surface area contributed by atoms with E-state index in [1.165, 1.54) is 0 Å². The highest BCUT2D eigenvalue weighted by atomic mass is 35.7. The van der Waals surface area contributed by atoms with Gasteiger partial charge in [-0.05, 0) is 24.1 Å². The Hall–Kier alpha value is -0.720. The second-order valence-corrected chi connectivity index (χ2v) is 7.04. The molecule has 0 radical (unpaired) electrons. The molecule has 80 valence electrons. The monoisotopic (exact) mass is 242 g/mol. The maximum absolute atomic E-state index is 12.4. The average Bonchev–Trinajstić information content (AvgIpc) is 2.31. The third-order valence-electron chi connectivity index (χ3n) is 2.37. The maximum atomic E-state index is 12.4. The largest absolute Gasteiger partial charge is 0.501 e. The van der Waals surface area contributed by atoms with Crippen LogP contribution in [-0.4, -0.2) is 6.61 Å². The van der Waals surface area contributed by atoms with E-state index in [9.17, 15) is 4.57 Å². The predicted octanol–water partition coefficient (Wildman–Crippen LogP) is 3.48. The fraction of sp³-hybridized carbons (Fsp3) is 0.273. The molecule has 2 rings (SSSR count). The summed E-state index contributed by atoms with van der Waals surface area (Å²) in [4.78, 5) is 0. The summed E-state index contributed by atoms with van der Waals surface area (Å²) in [5.41, 5.74) is 0. The lowest BCUT2D eigenvalue weighted by molar-refractivity contribution is 0.228. The molecule has 0 aliphatic carbocycles. The van der Waals surface area contributed by atoms with E-state index in [1.54, 1.807) is 18.4 Å². The van der Waals surface area contributed by atoms with Crippen molar-refractivity contribution >= 4 is 23.0 Å². The van der Waals surface area contributed by atoms with Crippen LogP contribution in [0.1, 0.15) is 12.8 Å². The molecule has 0 bridgehead atoms. The van der Waals surface area contributed by atoms with E-state index in [0.29, 0.717) is 11.9 Å². The molecule has 15 heavy (non-hydrogen) atoms. The van der Waals surface area contributed by atoms with Crippen molar-refractivity contribution in [3.63, 3.8) is 0 Å². The van der Waals surface area contributed by atoms with Gasteiger partial charge < -0.3 is 4.74 Å². The highest BCUT2D eigenvalue weighted by Crippen LogP contribution is 2.59. The van der Waals surface area contributed by atoms with Gasteiger partial charge in [-0.25, -0.2) is 0 Å². The number of allylic oxidation sites excluding steroid dienone is 1. The zero-order valence-electron chi connectivity index (χ0n) is 8.23.